The van der Waals surface area contributed by atoms with Crippen LogP contribution in [0.25, 0.3) is 16.0 Å². The van der Waals surface area contributed by atoms with E-state index in [4.69, 9.17) is 21.1 Å². The molecule has 6 rings (SSSR count). The highest BCUT2D eigenvalue weighted by Crippen LogP contribution is 2.45. The molecule has 2 aliphatic heterocycles. The number of carbonyl (C=O) groups is 2. The first-order valence-electron chi connectivity index (χ1n) is 11.6. The Bertz CT molecular complexity index is 1630. The molecule has 0 unspecified atom stereocenters. The predicted molar refractivity (Wildman–Crippen MR) is 143 cm³/mol. The molecule has 1 aromatic heterocycles. The summed E-state index contributed by atoms with van der Waals surface area (Å²) in [5.41, 5.74) is 2.61. The Kier molecular flexibility index (Phi) is 5.66. The van der Waals surface area contributed by atoms with E-state index in [0.29, 0.717) is 39.0 Å². The fourth-order valence-corrected chi connectivity index (χ4v) is 6.09. The number of hydrogen-bond donors (Lipinski definition) is 1. The van der Waals surface area contributed by atoms with Crippen molar-refractivity contribution in [1.82, 2.24) is 4.98 Å². The van der Waals surface area contributed by atoms with Crippen LogP contribution in [0.3, 0.4) is 0 Å². The summed E-state index contributed by atoms with van der Waals surface area (Å²) < 4.78 is 11.9. The molecule has 1 amide bonds. The maximum atomic E-state index is 13.5. The third-order valence-electron chi connectivity index (χ3n) is 6.57. The maximum absolute atomic E-state index is 13.5. The van der Waals surface area contributed by atoms with E-state index in [9.17, 15) is 14.7 Å². The van der Waals surface area contributed by atoms with Crippen molar-refractivity contribution in [2.24, 2.45) is 0 Å². The van der Waals surface area contributed by atoms with Gasteiger partial charge in [-0.15, -0.1) is 0 Å². The van der Waals surface area contributed by atoms with E-state index in [1.807, 2.05) is 13.0 Å². The largest absolute Gasteiger partial charge is 0.507 e. The first-order chi connectivity index (χ1) is 17.8. The molecule has 1 saturated heterocycles. The van der Waals surface area contributed by atoms with Crippen molar-refractivity contribution >= 4 is 55.7 Å². The summed E-state index contributed by atoms with van der Waals surface area (Å²) >= 11 is 7.57. The van der Waals surface area contributed by atoms with Crippen molar-refractivity contribution in [2.45, 2.75) is 25.5 Å². The lowest BCUT2D eigenvalue weighted by molar-refractivity contribution is -0.132. The van der Waals surface area contributed by atoms with Gasteiger partial charge in [0.25, 0.3) is 5.78 Å². The SMILES string of the molecule is COc1ccc2nc(N3C(=O)C(=O)C(=C(O)c4ccc5c(c4)C[C@@H](C)O5)[C@@H]3c3cccc(Cl)c3)sc2c1. The van der Waals surface area contributed by atoms with Gasteiger partial charge in [0, 0.05) is 17.0 Å². The van der Waals surface area contributed by atoms with Gasteiger partial charge in [-0.25, -0.2) is 4.98 Å². The summed E-state index contributed by atoms with van der Waals surface area (Å²) in [4.78, 5) is 32.9. The minimum absolute atomic E-state index is 0.0176. The number of thiazole rings is 1. The third kappa shape index (κ3) is 3.93. The van der Waals surface area contributed by atoms with Gasteiger partial charge in [-0.2, -0.15) is 0 Å². The number of fused-ring (bicyclic) bond motifs is 2. The molecule has 7 nitrogen and oxygen atoms in total. The number of hydrogen-bond acceptors (Lipinski definition) is 7. The van der Waals surface area contributed by atoms with Crippen LogP contribution in [0.4, 0.5) is 5.13 Å². The summed E-state index contributed by atoms with van der Waals surface area (Å²) in [5, 5.41) is 12.2. The Morgan fingerprint density at radius 3 is 2.78 bits per heavy atom. The summed E-state index contributed by atoms with van der Waals surface area (Å²) in [7, 11) is 1.58. The van der Waals surface area contributed by atoms with Crippen LogP contribution in [0.2, 0.25) is 5.02 Å². The van der Waals surface area contributed by atoms with E-state index in [-0.39, 0.29) is 17.4 Å². The Morgan fingerprint density at radius 2 is 2.00 bits per heavy atom. The standard InChI is InChI=1S/C28H21ClN2O5S/c1-14-10-17-11-16(6-9-21(17)36-14)25(32)23-24(15-4-3-5-18(29)12-15)31(27(34)26(23)33)28-30-20-8-7-19(35-2)13-22(20)37-28/h3-9,11-14,24,32H,10H2,1-2H3/t14-,24+/m1/s1. The smallest absolute Gasteiger partial charge is 0.301 e. The zero-order valence-electron chi connectivity index (χ0n) is 19.9. The highest BCUT2D eigenvalue weighted by Gasteiger charge is 2.48. The molecule has 186 valence electrons. The molecule has 0 aliphatic carbocycles. The highest BCUT2D eigenvalue weighted by atomic mass is 35.5. The Labute approximate surface area is 221 Å². The number of aliphatic hydroxyl groups is 1. The van der Waals surface area contributed by atoms with Gasteiger partial charge in [-0.1, -0.05) is 35.1 Å². The Balaban J connectivity index is 1.53. The fourth-order valence-electron chi connectivity index (χ4n) is 4.87. The van der Waals surface area contributed by atoms with E-state index < -0.39 is 17.7 Å². The van der Waals surface area contributed by atoms with Gasteiger partial charge in [0.1, 0.15) is 23.4 Å². The molecule has 1 N–H and O–H groups in total. The molecule has 3 aromatic carbocycles. The molecule has 1 fully saturated rings. The van der Waals surface area contributed by atoms with Crippen LogP contribution >= 0.6 is 22.9 Å². The number of rotatable bonds is 4. The zero-order chi connectivity index (χ0) is 25.8. The predicted octanol–water partition coefficient (Wildman–Crippen LogP) is 5.91. The molecule has 37 heavy (non-hydrogen) atoms. The second kappa shape index (κ2) is 8.90. The van der Waals surface area contributed by atoms with Gasteiger partial charge in [0.05, 0.1) is 28.9 Å². The molecule has 9 heteroatoms. The number of carbonyl (C=O) groups excluding carboxylic acids is 2. The van der Waals surface area contributed by atoms with Crippen molar-refractivity contribution in [3.8, 4) is 11.5 Å². The van der Waals surface area contributed by atoms with Crippen molar-refractivity contribution < 1.29 is 24.2 Å². The summed E-state index contributed by atoms with van der Waals surface area (Å²) in [6.45, 7) is 1.97. The summed E-state index contributed by atoms with van der Waals surface area (Å²) in [6, 6.07) is 16.7. The second-order valence-corrected chi connectivity index (χ2v) is 10.5. The van der Waals surface area contributed by atoms with E-state index >= 15 is 0 Å². The van der Waals surface area contributed by atoms with Crippen LogP contribution < -0.4 is 14.4 Å². The molecule has 0 spiro atoms. The Hall–Kier alpha value is -3.88. The normalized spacial score (nSPS) is 20.4. The number of methoxy groups -OCH3 is 1. The van der Waals surface area contributed by atoms with Gasteiger partial charge < -0.3 is 14.6 Å². The van der Waals surface area contributed by atoms with Crippen LogP contribution in [-0.2, 0) is 16.0 Å². The number of amides is 1. The number of benzene rings is 3. The Morgan fingerprint density at radius 1 is 1.16 bits per heavy atom. The van der Waals surface area contributed by atoms with Crippen molar-refractivity contribution in [1.29, 1.82) is 0 Å². The molecule has 0 saturated carbocycles. The number of anilines is 1. The van der Waals surface area contributed by atoms with Crippen LogP contribution in [0.5, 0.6) is 11.5 Å². The molecule has 2 aliphatic rings. The second-order valence-electron chi connectivity index (χ2n) is 9.01. The average molecular weight is 533 g/mol. The molecule has 0 radical (unpaired) electrons. The number of ketones is 1. The molecule has 3 heterocycles. The van der Waals surface area contributed by atoms with Gasteiger partial charge in [0.2, 0.25) is 0 Å². The van der Waals surface area contributed by atoms with E-state index in [2.05, 4.69) is 4.98 Å². The van der Waals surface area contributed by atoms with Crippen molar-refractivity contribution in [2.75, 3.05) is 12.0 Å². The van der Waals surface area contributed by atoms with E-state index in [1.165, 1.54) is 16.2 Å². The monoisotopic (exact) mass is 532 g/mol. The molecular formula is C28H21ClN2O5S. The fraction of sp³-hybridized carbons (Fsp3) is 0.179. The zero-order valence-corrected chi connectivity index (χ0v) is 21.5. The number of ether oxygens (including phenoxy) is 2. The topological polar surface area (TPSA) is 89.0 Å². The number of nitrogens with zero attached hydrogens (tertiary/aromatic N) is 2. The summed E-state index contributed by atoms with van der Waals surface area (Å²) in [6.07, 6.45) is 0.722. The molecular weight excluding hydrogens is 512 g/mol. The van der Waals surface area contributed by atoms with Crippen molar-refractivity contribution in [3.05, 3.63) is 87.9 Å². The number of halogens is 1. The van der Waals surface area contributed by atoms with E-state index in [0.717, 1.165) is 16.0 Å². The minimum atomic E-state index is -0.912. The lowest BCUT2D eigenvalue weighted by Crippen LogP contribution is -2.29. The number of aliphatic hydroxyl groups excluding tert-OH is 1. The lowest BCUT2D eigenvalue weighted by atomic mass is 9.94. The average Bonchev–Trinajstić information content (AvgIpc) is 3.55. The quantitative estimate of drug-likeness (QED) is 0.200. The van der Waals surface area contributed by atoms with Crippen LogP contribution in [-0.4, -0.2) is 35.0 Å². The van der Waals surface area contributed by atoms with Gasteiger partial charge in [0.15, 0.2) is 5.13 Å². The highest BCUT2D eigenvalue weighted by molar-refractivity contribution is 7.22. The number of aromatic nitrogens is 1. The molecule has 2 atom stereocenters. The van der Waals surface area contributed by atoms with Crippen molar-refractivity contribution in [3.63, 3.8) is 0 Å². The minimum Gasteiger partial charge on any atom is -0.507 e. The molecule has 0 bridgehead atoms. The maximum Gasteiger partial charge on any atom is 0.301 e. The van der Waals surface area contributed by atoms with Crippen LogP contribution in [0, 0.1) is 0 Å². The van der Waals surface area contributed by atoms with Gasteiger partial charge in [-0.3, -0.25) is 14.5 Å². The van der Waals surface area contributed by atoms with Gasteiger partial charge in [-0.05, 0) is 66.6 Å². The van der Waals surface area contributed by atoms with Crippen LogP contribution in [0.1, 0.15) is 29.7 Å². The molecule has 4 aromatic rings. The van der Waals surface area contributed by atoms with Gasteiger partial charge >= 0.3 is 5.91 Å². The number of Topliss-reactive ketones (excluding diaryl/α,β-unsaturated/α-hetero) is 1. The lowest BCUT2D eigenvalue weighted by Gasteiger charge is -2.23. The van der Waals surface area contributed by atoms with Crippen LogP contribution in [0.15, 0.2) is 66.2 Å². The third-order valence-corrected chi connectivity index (χ3v) is 7.82. The first kappa shape index (κ1) is 23.5. The first-order valence-corrected chi connectivity index (χ1v) is 12.8. The van der Waals surface area contributed by atoms with E-state index in [1.54, 1.807) is 61.7 Å². The summed E-state index contributed by atoms with van der Waals surface area (Å²) in [5.74, 6) is -0.400.